The lowest BCUT2D eigenvalue weighted by atomic mass is 10.0. The Kier molecular flexibility index (Phi) is 10.7. The lowest BCUT2D eigenvalue weighted by Gasteiger charge is -2.49. The van der Waals surface area contributed by atoms with E-state index < -0.39 is 46.5 Å². The van der Waals surface area contributed by atoms with Gasteiger partial charge in [0.25, 0.3) is 24.0 Å². The number of anilines is 3. The Morgan fingerprint density at radius 3 is 2.70 bits per heavy atom. The normalized spacial score (nSPS) is 18.3. The van der Waals surface area contributed by atoms with Crippen molar-refractivity contribution in [1.82, 2.24) is 24.6 Å². The van der Waals surface area contributed by atoms with Crippen molar-refractivity contribution in [2.75, 3.05) is 35.6 Å². The highest BCUT2D eigenvalue weighted by molar-refractivity contribution is 8.00. The Labute approximate surface area is 270 Å². The Morgan fingerprint density at radius 2 is 2.04 bits per heavy atom. The predicted molar refractivity (Wildman–Crippen MR) is 168 cm³/mol. The van der Waals surface area contributed by atoms with Crippen molar-refractivity contribution in [2.24, 2.45) is 10.9 Å². The maximum atomic E-state index is 13.2. The fourth-order valence-electron chi connectivity index (χ4n) is 4.21. The molecule has 2 aliphatic rings. The van der Waals surface area contributed by atoms with Crippen molar-refractivity contribution in [3.63, 3.8) is 0 Å². The number of carbonyl (C=O) groups is 4. The molecule has 10 N–H and O–H groups in total. The monoisotopic (exact) mass is 676 g/mol. The number of carboxylic acid groups (broad SMARTS) is 2. The molecule has 20 heteroatoms. The summed E-state index contributed by atoms with van der Waals surface area (Å²) in [6, 6.07) is -1.11. The quantitative estimate of drug-likeness (QED) is 0.0396. The third kappa shape index (κ3) is 7.69. The van der Waals surface area contributed by atoms with Crippen molar-refractivity contribution in [2.45, 2.75) is 50.3 Å². The molecular weight excluding hydrogens is 642 g/mol. The molecule has 2 aliphatic heterocycles. The fourth-order valence-corrected chi connectivity index (χ4v) is 5.96. The van der Waals surface area contributed by atoms with E-state index in [-0.39, 0.29) is 22.4 Å². The molecule has 2 atom stereocenters. The molecule has 18 nitrogen and oxygen atoms in total. The number of thioether (sulfide) groups is 1. The molecule has 4 rings (SSSR count). The van der Waals surface area contributed by atoms with E-state index in [0.29, 0.717) is 36.7 Å². The van der Waals surface area contributed by atoms with Crippen molar-refractivity contribution in [3.05, 3.63) is 41.8 Å². The molecule has 2 aromatic rings. The maximum Gasteiger partial charge on any atom is 0.352 e. The average molecular weight is 677 g/mol. The Bertz CT molecular complexity index is 1610. The minimum absolute atomic E-state index is 0.0139. The number of rotatable bonds is 15. The summed E-state index contributed by atoms with van der Waals surface area (Å²) in [5.74, 6) is -3.90. The molecule has 1 saturated heterocycles. The number of nitrogens with one attached hydrogen (secondary N) is 2. The van der Waals surface area contributed by atoms with E-state index in [1.165, 1.54) is 25.6 Å². The van der Waals surface area contributed by atoms with Crippen LogP contribution in [-0.4, -0.2) is 94.8 Å². The van der Waals surface area contributed by atoms with Gasteiger partial charge in [-0.2, -0.15) is 9.36 Å². The third-order valence-electron chi connectivity index (χ3n) is 6.73. The number of amides is 2. The lowest BCUT2D eigenvalue weighted by molar-refractivity contribution is -0.689. The first kappa shape index (κ1) is 34.1. The standard InChI is InChI=1S/C26H33N11O7S2/c1-26(2,24(42)43)44-34-15(19-33-25(29)46-35-19)20(38)32-16-21(39)37-17(23(40)41)13(11-45-22(16)37)6-5-9-36-10-14(18(28)31-12-36)30-8-4-3-7-27/h5-6,10,12,16,22,28,30H,3-4,7-9,11,27H2,1-2H3,(H5,29,32,33,35,38,40,41,42,43)/p+1/b6-5+,34-15-/t16-,22-/m1/s1. The van der Waals surface area contributed by atoms with E-state index in [1.807, 2.05) is 0 Å². The van der Waals surface area contributed by atoms with Gasteiger partial charge in [-0.05, 0) is 49.9 Å². The zero-order chi connectivity index (χ0) is 33.6. The number of unbranched alkanes of at least 4 members (excludes halogenated alkanes) is 1. The van der Waals surface area contributed by atoms with Crippen LogP contribution in [0.2, 0.25) is 0 Å². The number of hydrogen-bond donors (Lipinski definition) is 7. The second-order valence-corrected chi connectivity index (χ2v) is 12.4. The van der Waals surface area contributed by atoms with Crippen LogP contribution in [0.25, 0.3) is 0 Å². The van der Waals surface area contributed by atoms with Gasteiger partial charge in [0.2, 0.25) is 17.1 Å². The Balaban J connectivity index is 1.47. The first-order valence-corrected chi connectivity index (χ1v) is 15.7. The van der Waals surface area contributed by atoms with E-state index in [9.17, 15) is 29.4 Å². The number of carboxylic acids is 2. The number of nitrogen functional groups attached to an aromatic ring is 2. The van der Waals surface area contributed by atoms with E-state index in [0.717, 1.165) is 29.3 Å². The van der Waals surface area contributed by atoms with E-state index in [4.69, 9.17) is 22.0 Å². The summed E-state index contributed by atoms with van der Waals surface area (Å²) in [4.78, 5) is 64.4. The first-order valence-electron chi connectivity index (χ1n) is 13.9. The molecule has 46 heavy (non-hydrogen) atoms. The Hall–Kier alpha value is -4.82. The van der Waals surface area contributed by atoms with Crippen LogP contribution in [0.4, 0.5) is 16.6 Å². The van der Waals surface area contributed by atoms with Gasteiger partial charge in [0, 0.05) is 23.8 Å². The van der Waals surface area contributed by atoms with Crippen LogP contribution in [0, 0.1) is 0 Å². The molecule has 0 bridgehead atoms. The minimum Gasteiger partial charge on any atom is -0.478 e. The molecule has 2 amide bonds. The summed E-state index contributed by atoms with van der Waals surface area (Å²) in [5.41, 5.74) is 15.7. The fraction of sp³-hybridized carbons (Fsp3) is 0.423. The smallest absolute Gasteiger partial charge is 0.352 e. The summed E-state index contributed by atoms with van der Waals surface area (Å²) >= 11 is 2.03. The summed E-state index contributed by atoms with van der Waals surface area (Å²) in [5, 5.41) is 28.0. The van der Waals surface area contributed by atoms with Gasteiger partial charge in [-0.25, -0.2) is 14.2 Å². The van der Waals surface area contributed by atoms with Crippen molar-refractivity contribution in [1.29, 1.82) is 0 Å². The lowest BCUT2D eigenvalue weighted by Crippen LogP contribution is -2.71. The summed E-state index contributed by atoms with van der Waals surface area (Å²) in [6.07, 6.45) is 8.47. The third-order valence-corrected chi connectivity index (χ3v) is 8.58. The van der Waals surface area contributed by atoms with E-state index in [2.05, 4.69) is 30.1 Å². The van der Waals surface area contributed by atoms with Gasteiger partial charge < -0.3 is 42.9 Å². The number of hydrogen-bond acceptors (Lipinski definition) is 15. The molecule has 0 saturated carbocycles. The zero-order valence-corrected chi connectivity index (χ0v) is 26.5. The largest absolute Gasteiger partial charge is 0.478 e. The summed E-state index contributed by atoms with van der Waals surface area (Å²) < 4.78 is 5.70. The molecule has 0 aliphatic carbocycles. The van der Waals surface area contributed by atoms with Crippen molar-refractivity contribution >= 4 is 69.4 Å². The molecule has 4 heterocycles. The zero-order valence-electron chi connectivity index (χ0n) is 24.9. The molecule has 246 valence electrons. The van der Waals surface area contributed by atoms with Gasteiger partial charge in [0.05, 0.1) is 0 Å². The van der Waals surface area contributed by atoms with Gasteiger partial charge >= 0.3 is 11.9 Å². The first-order chi connectivity index (χ1) is 21.8. The topological polar surface area (TPSA) is 278 Å². The highest BCUT2D eigenvalue weighted by atomic mass is 32.2. The van der Waals surface area contributed by atoms with Gasteiger partial charge in [0.1, 0.15) is 35.5 Å². The van der Waals surface area contributed by atoms with Crippen LogP contribution in [0.1, 0.15) is 32.5 Å². The van der Waals surface area contributed by atoms with Crippen LogP contribution in [0.3, 0.4) is 0 Å². The summed E-state index contributed by atoms with van der Waals surface area (Å²) in [6.45, 7) is 4.08. The molecule has 2 aromatic heterocycles. The van der Waals surface area contributed by atoms with E-state index >= 15 is 0 Å². The van der Waals surface area contributed by atoms with Crippen LogP contribution in [0.5, 0.6) is 0 Å². The number of aromatic nitrogens is 4. The molecule has 0 spiro atoms. The van der Waals surface area contributed by atoms with Gasteiger partial charge in [-0.3, -0.25) is 14.5 Å². The number of nitrogens with zero attached hydrogens (tertiary/aromatic N) is 6. The molecule has 1 fully saturated rings. The highest BCUT2D eigenvalue weighted by Gasteiger charge is 2.54. The van der Waals surface area contributed by atoms with Crippen LogP contribution in [-0.2, 0) is 30.6 Å². The van der Waals surface area contributed by atoms with Gasteiger partial charge in [0.15, 0.2) is 5.13 Å². The van der Waals surface area contributed by atoms with Crippen LogP contribution < -0.4 is 32.4 Å². The van der Waals surface area contributed by atoms with Crippen LogP contribution >= 0.6 is 23.3 Å². The van der Waals surface area contributed by atoms with Gasteiger partial charge in [-0.1, -0.05) is 11.2 Å². The Morgan fingerprint density at radius 1 is 1.28 bits per heavy atom. The molecule has 0 unspecified atom stereocenters. The number of allylic oxidation sites excluding steroid dienone is 2. The number of aliphatic carboxylic acids is 2. The SMILES string of the molecule is CC(C)(O/N=C(\C(=O)N[C@@H]1C(=O)N2C(C(=O)O)=C(/C=C/C[n+]3cnc(N)c(NCCCCN)c3)CS[C@H]12)c1nsc(N)n1)C(=O)O. The predicted octanol–water partition coefficient (Wildman–Crippen LogP) is -0.885. The minimum atomic E-state index is -1.80. The molecular formula is C26H34N11O7S2+. The second-order valence-electron chi connectivity index (χ2n) is 10.5. The number of oxime groups is 1. The van der Waals surface area contributed by atoms with E-state index in [1.54, 1.807) is 29.2 Å². The summed E-state index contributed by atoms with van der Waals surface area (Å²) in [7, 11) is 0. The molecule has 0 aromatic carbocycles. The highest BCUT2D eigenvalue weighted by Crippen LogP contribution is 2.40. The van der Waals surface area contributed by atoms with Crippen molar-refractivity contribution < 1.29 is 38.8 Å². The van der Waals surface area contributed by atoms with Crippen molar-refractivity contribution in [3.8, 4) is 0 Å². The maximum absolute atomic E-state index is 13.2. The molecule has 0 radical (unpaired) electrons. The van der Waals surface area contributed by atoms with Gasteiger partial charge in [-0.15, -0.1) is 11.8 Å². The van der Waals surface area contributed by atoms with Crippen LogP contribution in [0.15, 0.2) is 41.1 Å². The number of β-lactam (4-membered cyclic amide) rings is 1. The average Bonchev–Trinajstić information content (AvgIpc) is 3.44. The number of carbonyl (C=O) groups excluding carboxylic acids is 2. The number of fused-ring (bicyclic) bond motifs is 1. The second kappa shape index (κ2) is 14.5. The number of nitrogens with two attached hydrogens (primary N) is 3.